The molecule has 6 heteroatoms. The highest BCUT2D eigenvalue weighted by Gasteiger charge is 2.13. The molecule has 0 aliphatic heterocycles. The highest BCUT2D eigenvalue weighted by Crippen LogP contribution is 2.27. The number of hydrogen-bond acceptors (Lipinski definition) is 3. The number of rotatable bonds is 4. The molecule has 0 fully saturated rings. The van der Waals surface area contributed by atoms with Crippen molar-refractivity contribution < 1.29 is 0 Å². The third-order valence-corrected chi connectivity index (χ3v) is 4.74. The second kappa shape index (κ2) is 9.27. The fourth-order valence-corrected chi connectivity index (χ4v) is 3.35. The Balaban J connectivity index is 0.00000208. The molecular weight excluding hydrogens is 431 g/mol. The lowest BCUT2D eigenvalue weighted by Gasteiger charge is -2.19. The number of thioether (sulfide) groups is 1. The van der Waals surface area contributed by atoms with Gasteiger partial charge in [-0.3, -0.25) is 0 Å². The van der Waals surface area contributed by atoms with Crippen molar-refractivity contribution in [2.24, 2.45) is 10.7 Å². The molecule has 0 atom stereocenters. The van der Waals surface area contributed by atoms with Crippen LogP contribution in [-0.4, -0.2) is 17.2 Å². The largest absolute Gasteiger partial charge is 0.370 e. The Labute approximate surface area is 164 Å². The summed E-state index contributed by atoms with van der Waals surface area (Å²) in [7, 11) is 0. The molecule has 0 bridgehead atoms. The summed E-state index contributed by atoms with van der Waals surface area (Å²) < 4.78 is 0. The Morgan fingerprint density at radius 3 is 2.96 bits per heavy atom. The average molecular weight is 454 g/mol. The summed E-state index contributed by atoms with van der Waals surface area (Å²) in [6, 6.07) is 10.4. The number of aryl methyl sites for hydroxylation is 1. The van der Waals surface area contributed by atoms with E-state index in [0.717, 1.165) is 29.1 Å². The molecule has 1 aromatic heterocycles. The summed E-state index contributed by atoms with van der Waals surface area (Å²) in [5, 5.41) is 4.28. The van der Waals surface area contributed by atoms with Crippen LogP contribution >= 0.6 is 35.7 Å². The maximum Gasteiger partial charge on any atom is 0.193 e. The van der Waals surface area contributed by atoms with Crippen molar-refractivity contribution in [1.82, 2.24) is 4.98 Å². The van der Waals surface area contributed by atoms with Gasteiger partial charge in [-0.05, 0) is 66.8 Å². The smallest absolute Gasteiger partial charge is 0.193 e. The lowest BCUT2D eigenvalue weighted by Crippen LogP contribution is -2.24. The summed E-state index contributed by atoms with van der Waals surface area (Å²) in [6.45, 7) is 0.559. The lowest BCUT2D eigenvalue weighted by molar-refractivity contribution is 0.687. The monoisotopic (exact) mass is 454 g/mol. The number of aromatic nitrogens is 1. The number of nitrogens with one attached hydrogen (secondary N) is 1. The van der Waals surface area contributed by atoms with E-state index in [2.05, 4.69) is 33.5 Å². The normalized spacial score (nSPS) is 13.8. The van der Waals surface area contributed by atoms with Gasteiger partial charge in [0.25, 0.3) is 0 Å². The summed E-state index contributed by atoms with van der Waals surface area (Å²) >= 11 is 1.63. The third kappa shape index (κ3) is 4.86. The molecule has 3 rings (SSSR count). The van der Waals surface area contributed by atoms with Crippen LogP contribution < -0.4 is 11.1 Å². The summed E-state index contributed by atoms with van der Waals surface area (Å²) in [6.07, 6.45) is 8.64. The van der Waals surface area contributed by atoms with E-state index in [1.54, 1.807) is 11.8 Å². The van der Waals surface area contributed by atoms with E-state index < -0.39 is 0 Å². The number of nitrogens with zero attached hydrogens (tertiary/aromatic N) is 2. The minimum atomic E-state index is 0. The van der Waals surface area contributed by atoms with Gasteiger partial charge in [-0.25, -0.2) is 9.98 Å². The number of halogens is 1. The molecule has 3 N–H and O–H groups in total. The number of aliphatic imine (C=N–C) groups is 1. The molecule has 0 saturated heterocycles. The fourth-order valence-electron chi connectivity index (χ4n) is 2.91. The van der Waals surface area contributed by atoms with Gasteiger partial charge in [-0.15, -0.1) is 35.7 Å². The number of hydrogen-bond donors (Lipinski definition) is 2. The van der Waals surface area contributed by atoms with E-state index in [1.807, 2.05) is 24.6 Å². The predicted molar refractivity (Wildman–Crippen MR) is 113 cm³/mol. The van der Waals surface area contributed by atoms with Gasteiger partial charge >= 0.3 is 0 Å². The zero-order valence-electron chi connectivity index (χ0n) is 13.8. The number of fused-ring (bicyclic) bond motifs is 1. The Morgan fingerprint density at radius 1 is 1.29 bits per heavy atom. The summed E-state index contributed by atoms with van der Waals surface area (Å²) in [5.74, 6) is 0.464. The van der Waals surface area contributed by atoms with Crippen LogP contribution in [0, 0.1) is 0 Å². The molecule has 24 heavy (non-hydrogen) atoms. The summed E-state index contributed by atoms with van der Waals surface area (Å²) in [4.78, 5) is 8.73. The highest BCUT2D eigenvalue weighted by molar-refractivity contribution is 14.0. The molecule has 1 aliphatic rings. The molecule has 4 nitrogen and oxygen atoms in total. The van der Waals surface area contributed by atoms with Crippen LogP contribution in [0.1, 0.15) is 29.5 Å². The van der Waals surface area contributed by atoms with Gasteiger partial charge in [0.15, 0.2) is 5.96 Å². The van der Waals surface area contributed by atoms with Crippen LogP contribution in [0.5, 0.6) is 0 Å². The van der Waals surface area contributed by atoms with Gasteiger partial charge in [0.1, 0.15) is 0 Å². The van der Waals surface area contributed by atoms with Crippen LogP contribution in [0.15, 0.2) is 46.5 Å². The second-order valence-electron chi connectivity index (χ2n) is 5.68. The van der Waals surface area contributed by atoms with E-state index in [0.29, 0.717) is 12.5 Å². The molecule has 2 aromatic rings. The van der Waals surface area contributed by atoms with Gasteiger partial charge in [0.05, 0.1) is 11.6 Å². The number of guanidine groups is 1. The van der Waals surface area contributed by atoms with Gasteiger partial charge in [0, 0.05) is 11.9 Å². The first-order chi connectivity index (χ1) is 11.3. The maximum atomic E-state index is 6.08. The Morgan fingerprint density at radius 2 is 2.12 bits per heavy atom. The van der Waals surface area contributed by atoms with Gasteiger partial charge in [0.2, 0.25) is 0 Å². The van der Waals surface area contributed by atoms with Gasteiger partial charge < -0.3 is 11.1 Å². The van der Waals surface area contributed by atoms with Crippen molar-refractivity contribution >= 4 is 47.4 Å². The van der Waals surface area contributed by atoms with E-state index in [4.69, 9.17) is 5.73 Å². The molecule has 1 heterocycles. The summed E-state index contributed by atoms with van der Waals surface area (Å²) in [5.41, 5.74) is 11.1. The Hall–Kier alpha value is -1.28. The number of nitrogens with two attached hydrogens (primary N) is 1. The first-order valence-corrected chi connectivity index (χ1v) is 9.15. The van der Waals surface area contributed by atoms with E-state index in [-0.39, 0.29) is 24.0 Å². The van der Waals surface area contributed by atoms with Crippen LogP contribution in [0.4, 0.5) is 5.69 Å². The SMILES string of the molecule is CSc1cc(CN=C(N)Nc2cccc3c2CCCC3)ccn1.I. The van der Waals surface area contributed by atoms with Crippen molar-refractivity contribution in [3.63, 3.8) is 0 Å². The standard InChI is InChI=1S/C18H22N4S.HI/c1-23-17-11-13(9-10-20-17)12-21-18(19)22-16-8-4-6-14-5-2-3-7-15(14)16;/h4,6,8-11H,2-3,5,7,12H2,1H3,(H3,19,21,22);1H. The topological polar surface area (TPSA) is 63.3 Å². The number of benzene rings is 1. The highest BCUT2D eigenvalue weighted by atomic mass is 127. The average Bonchev–Trinajstić information content (AvgIpc) is 2.60. The molecule has 0 unspecified atom stereocenters. The van der Waals surface area contributed by atoms with E-state index in [1.165, 1.54) is 24.0 Å². The predicted octanol–water partition coefficient (Wildman–Crippen LogP) is 4.23. The van der Waals surface area contributed by atoms with Crippen LogP contribution in [-0.2, 0) is 19.4 Å². The van der Waals surface area contributed by atoms with Crippen LogP contribution in [0.25, 0.3) is 0 Å². The molecule has 1 aliphatic carbocycles. The van der Waals surface area contributed by atoms with Crippen molar-refractivity contribution in [1.29, 1.82) is 0 Å². The number of pyridine rings is 1. The van der Waals surface area contributed by atoms with Crippen molar-refractivity contribution in [2.45, 2.75) is 37.3 Å². The molecule has 1 aromatic carbocycles. The molecule has 0 radical (unpaired) electrons. The quantitative estimate of drug-likeness (QED) is 0.314. The zero-order chi connectivity index (χ0) is 16.1. The third-order valence-electron chi connectivity index (χ3n) is 4.10. The lowest BCUT2D eigenvalue weighted by atomic mass is 9.90. The number of anilines is 1. The van der Waals surface area contributed by atoms with Crippen LogP contribution in [0.3, 0.4) is 0 Å². The maximum absolute atomic E-state index is 6.08. The van der Waals surface area contributed by atoms with Gasteiger partial charge in [-0.1, -0.05) is 12.1 Å². The van der Waals surface area contributed by atoms with Gasteiger partial charge in [-0.2, -0.15) is 0 Å². The van der Waals surface area contributed by atoms with Crippen molar-refractivity contribution in [3.8, 4) is 0 Å². The zero-order valence-corrected chi connectivity index (χ0v) is 16.9. The minimum absolute atomic E-state index is 0. The second-order valence-corrected chi connectivity index (χ2v) is 6.51. The minimum Gasteiger partial charge on any atom is -0.370 e. The molecule has 0 amide bonds. The van der Waals surface area contributed by atoms with Crippen molar-refractivity contribution in [3.05, 3.63) is 53.2 Å². The molecular formula is C18H23IN4S. The molecule has 128 valence electrons. The Bertz CT molecular complexity index is 718. The molecule has 0 saturated carbocycles. The molecule has 0 spiro atoms. The van der Waals surface area contributed by atoms with E-state index in [9.17, 15) is 0 Å². The van der Waals surface area contributed by atoms with E-state index >= 15 is 0 Å². The van der Waals surface area contributed by atoms with Crippen LogP contribution in [0.2, 0.25) is 0 Å². The first kappa shape index (κ1) is 19.1. The first-order valence-electron chi connectivity index (χ1n) is 7.93. The fraction of sp³-hybridized carbons (Fsp3) is 0.333. The Kier molecular flexibility index (Phi) is 7.36. The van der Waals surface area contributed by atoms with Crippen molar-refractivity contribution in [2.75, 3.05) is 11.6 Å².